The highest BCUT2D eigenvalue weighted by Crippen LogP contribution is 2.19. The summed E-state index contributed by atoms with van der Waals surface area (Å²) < 4.78 is 6.89. The molecule has 2 aromatic heterocycles. The van der Waals surface area contributed by atoms with Crippen LogP contribution in [0.4, 0.5) is 5.69 Å². The van der Waals surface area contributed by atoms with E-state index in [1.807, 2.05) is 41.0 Å². The van der Waals surface area contributed by atoms with Gasteiger partial charge in [0.05, 0.1) is 30.4 Å². The molecule has 0 spiro atoms. The molecular weight excluding hydrogens is 398 g/mol. The number of nitrogens with zero attached hydrogens (tertiary/aromatic N) is 2. The Morgan fingerprint density at radius 1 is 0.871 bits per heavy atom. The maximum Gasteiger partial charge on any atom is 0.287 e. The Kier molecular flexibility index (Phi) is 5.75. The Morgan fingerprint density at radius 3 is 2.42 bits per heavy atom. The van der Waals surface area contributed by atoms with E-state index in [-0.39, 0.29) is 24.8 Å². The Balaban J connectivity index is 1.26. The van der Waals surface area contributed by atoms with E-state index in [0.29, 0.717) is 5.69 Å². The van der Waals surface area contributed by atoms with Crippen molar-refractivity contribution in [3.63, 3.8) is 0 Å². The summed E-state index contributed by atoms with van der Waals surface area (Å²) in [6, 6.07) is 18.1. The lowest BCUT2D eigenvalue weighted by Gasteiger charge is -2.09. The number of hydrogen-bond acceptors (Lipinski definition) is 5. The van der Waals surface area contributed by atoms with Crippen molar-refractivity contribution in [3.05, 3.63) is 79.0 Å². The number of nitrogens with one attached hydrogen (secondary N) is 3. The lowest BCUT2D eigenvalue weighted by molar-refractivity contribution is -0.123. The molecule has 0 aliphatic carbocycles. The topological polar surface area (TPSA) is 118 Å². The molecule has 0 unspecified atom stereocenters. The second-order valence-corrected chi connectivity index (χ2v) is 6.64. The fourth-order valence-corrected chi connectivity index (χ4v) is 2.97. The van der Waals surface area contributed by atoms with Gasteiger partial charge in [-0.3, -0.25) is 19.0 Å². The number of furan rings is 1. The quantitative estimate of drug-likeness (QED) is 0.426. The van der Waals surface area contributed by atoms with Crippen LogP contribution in [-0.2, 0) is 9.59 Å². The van der Waals surface area contributed by atoms with Crippen LogP contribution in [0.25, 0.3) is 16.7 Å². The molecule has 4 rings (SSSR count). The van der Waals surface area contributed by atoms with E-state index >= 15 is 0 Å². The van der Waals surface area contributed by atoms with Gasteiger partial charge in [-0.15, -0.1) is 0 Å². The van der Waals surface area contributed by atoms with E-state index in [0.717, 1.165) is 16.7 Å². The molecule has 4 aromatic rings. The van der Waals surface area contributed by atoms with Gasteiger partial charge in [0.1, 0.15) is 6.33 Å². The summed E-state index contributed by atoms with van der Waals surface area (Å²) in [6.45, 7) is -0.482. The smallest absolute Gasteiger partial charge is 0.287 e. The van der Waals surface area contributed by atoms with Gasteiger partial charge < -0.3 is 20.4 Å². The number of carbonyl (C=O) groups is 3. The van der Waals surface area contributed by atoms with E-state index in [1.54, 1.807) is 24.5 Å². The third kappa shape index (κ3) is 4.78. The molecule has 0 bridgehead atoms. The summed E-state index contributed by atoms with van der Waals surface area (Å²) >= 11 is 0. The second-order valence-electron chi connectivity index (χ2n) is 6.64. The molecule has 0 aliphatic heterocycles. The molecule has 9 nitrogen and oxygen atoms in total. The number of carbonyl (C=O) groups excluding carboxylic acids is 3. The van der Waals surface area contributed by atoms with Crippen LogP contribution >= 0.6 is 0 Å². The van der Waals surface area contributed by atoms with Crippen molar-refractivity contribution < 1.29 is 18.8 Å². The molecule has 2 aromatic carbocycles. The average Bonchev–Trinajstić information content (AvgIpc) is 3.47. The molecular formula is C22H19N5O4. The van der Waals surface area contributed by atoms with E-state index < -0.39 is 11.8 Å². The zero-order valence-electron chi connectivity index (χ0n) is 16.4. The first-order chi connectivity index (χ1) is 15.1. The molecule has 3 amide bonds. The summed E-state index contributed by atoms with van der Waals surface area (Å²) in [5, 5.41) is 7.57. The van der Waals surface area contributed by atoms with Crippen LogP contribution in [0.2, 0.25) is 0 Å². The Labute approximate surface area is 177 Å². The molecule has 31 heavy (non-hydrogen) atoms. The highest BCUT2D eigenvalue weighted by Gasteiger charge is 2.11. The molecule has 0 saturated carbocycles. The highest BCUT2D eigenvalue weighted by molar-refractivity contribution is 5.96. The van der Waals surface area contributed by atoms with Gasteiger partial charge in [0, 0.05) is 11.4 Å². The minimum absolute atomic E-state index is 0.109. The van der Waals surface area contributed by atoms with Gasteiger partial charge in [-0.2, -0.15) is 0 Å². The van der Waals surface area contributed by atoms with Gasteiger partial charge in [0.2, 0.25) is 11.8 Å². The van der Waals surface area contributed by atoms with Gasteiger partial charge in [-0.1, -0.05) is 12.1 Å². The maximum atomic E-state index is 12.1. The van der Waals surface area contributed by atoms with E-state index in [9.17, 15) is 14.4 Å². The van der Waals surface area contributed by atoms with Crippen molar-refractivity contribution in [2.24, 2.45) is 0 Å². The second kappa shape index (κ2) is 8.95. The number of amides is 3. The largest absolute Gasteiger partial charge is 0.459 e. The monoisotopic (exact) mass is 417 g/mol. The maximum absolute atomic E-state index is 12.1. The predicted molar refractivity (Wildman–Crippen MR) is 114 cm³/mol. The van der Waals surface area contributed by atoms with Crippen LogP contribution < -0.4 is 16.0 Å². The van der Waals surface area contributed by atoms with Crippen LogP contribution in [0, 0.1) is 0 Å². The van der Waals surface area contributed by atoms with Gasteiger partial charge >= 0.3 is 0 Å². The lowest BCUT2D eigenvalue weighted by atomic mass is 10.2. The Hall–Kier alpha value is -4.40. The van der Waals surface area contributed by atoms with Crippen molar-refractivity contribution in [2.75, 3.05) is 18.4 Å². The van der Waals surface area contributed by atoms with Crippen molar-refractivity contribution in [1.29, 1.82) is 0 Å². The normalized spacial score (nSPS) is 10.6. The molecule has 0 saturated heterocycles. The van der Waals surface area contributed by atoms with Crippen molar-refractivity contribution in [1.82, 2.24) is 20.2 Å². The summed E-state index contributed by atoms with van der Waals surface area (Å²) in [7, 11) is 0. The first-order valence-corrected chi connectivity index (χ1v) is 9.51. The average molecular weight is 417 g/mol. The van der Waals surface area contributed by atoms with Crippen molar-refractivity contribution in [3.8, 4) is 5.69 Å². The van der Waals surface area contributed by atoms with Gasteiger partial charge in [-0.05, 0) is 48.5 Å². The number of anilines is 1. The fourth-order valence-electron chi connectivity index (χ4n) is 2.97. The molecule has 3 N–H and O–H groups in total. The van der Waals surface area contributed by atoms with Crippen LogP contribution in [0.3, 0.4) is 0 Å². The molecule has 0 aliphatic rings. The molecule has 156 valence electrons. The minimum atomic E-state index is -0.504. The third-order valence-electron chi connectivity index (χ3n) is 4.48. The number of benzene rings is 2. The summed E-state index contributed by atoms with van der Waals surface area (Å²) in [5.41, 5.74) is 3.39. The molecule has 0 fully saturated rings. The molecule has 2 heterocycles. The number of para-hydroxylation sites is 2. The number of aromatic nitrogens is 2. The zero-order valence-corrected chi connectivity index (χ0v) is 16.4. The fraction of sp³-hybridized carbons (Fsp3) is 0.0909. The Morgan fingerprint density at radius 2 is 1.65 bits per heavy atom. The molecule has 9 heteroatoms. The van der Waals surface area contributed by atoms with Crippen LogP contribution in [0.15, 0.2) is 77.7 Å². The number of hydrogen-bond donors (Lipinski definition) is 3. The lowest BCUT2D eigenvalue weighted by Crippen LogP contribution is -2.40. The van der Waals surface area contributed by atoms with Crippen LogP contribution in [0.1, 0.15) is 10.6 Å². The number of imidazole rings is 1. The van der Waals surface area contributed by atoms with Gasteiger partial charge in [-0.25, -0.2) is 4.98 Å². The zero-order chi connectivity index (χ0) is 21.6. The summed E-state index contributed by atoms with van der Waals surface area (Å²) in [5.74, 6) is -1.27. The number of rotatable bonds is 7. The minimum Gasteiger partial charge on any atom is -0.459 e. The summed E-state index contributed by atoms with van der Waals surface area (Å²) in [4.78, 5) is 40.0. The van der Waals surface area contributed by atoms with Crippen LogP contribution in [0.5, 0.6) is 0 Å². The van der Waals surface area contributed by atoms with Crippen molar-refractivity contribution in [2.45, 2.75) is 0 Å². The van der Waals surface area contributed by atoms with Crippen molar-refractivity contribution >= 4 is 34.4 Å². The van der Waals surface area contributed by atoms with E-state index in [1.165, 1.54) is 12.3 Å². The van der Waals surface area contributed by atoms with Gasteiger partial charge in [0.15, 0.2) is 5.76 Å². The first-order valence-electron chi connectivity index (χ1n) is 9.51. The predicted octanol–water partition coefficient (Wildman–Crippen LogP) is 2.10. The SMILES string of the molecule is O=C(CNC(=O)c1ccco1)NCC(=O)Nc1ccc(-n2cnc3ccccc32)cc1. The summed E-state index contributed by atoms with van der Waals surface area (Å²) in [6.07, 6.45) is 3.11. The standard InChI is InChI=1S/C22H19N5O4/c28-20(12-24-22(30)19-6-3-11-31-19)23-13-21(29)26-15-7-9-16(10-8-15)27-14-25-17-4-1-2-5-18(17)27/h1-11,14H,12-13H2,(H,23,28)(H,24,30)(H,26,29). The number of fused-ring (bicyclic) bond motifs is 1. The molecule has 0 radical (unpaired) electrons. The van der Waals surface area contributed by atoms with E-state index in [2.05, 4.69) is 20.9 Å². The first kappa shape index (κ1) is 19.9. The third-order valence-corrected chi connectivity index (χ3v) is 4.48. The highest BCUT2D eigenvalue weighted by atomic mass is 16.3. The van der Waals surface area contributed by atoms with Gasteiger partial charge in [0.25, 0.3) is 5.91 Å². The molecule has 0 atom stereocenters. The van der Waals surface area contributed by atoms with Crippen LogP contribution in [-0.4, -0.2) is 40.4 Å². The van der Waals surface area contributed by atoms with E-state index in [4.69, 9.17) is 4.42 Å². The Bertz CT molecular complexity index is 1210.